The van der Waals surface area contributed by atoms with Gasteiger partial charge in [0.15, 0.2) is 5.60 Å². The Morgan fingerprint density at radius 2 is 2.04 bits per heavy atom. The zero-order valence-electron chi connectivity index (χ0n) is 14.9. The Kier molecular flexibility index (Phi) is 6.04. The van der Waals surface area contributed by atoms with E-state index < -0.39 is 5.60 Å². The predicted molar refractivity (Wildman–Crippen MR) is 100 cm³/mol. The first-order valence-corrected chi connectivity index (χ1v) is 9.13. The van der Waals surface area contributed by atoms with Crippen LogP contribution in [0.25, 0.3) is 0 Å². The molecule has 1 fully saturated rings. The van der Waals surface area contributed by atoms with Gasteiger partial charge in [-0.15, -0.1) is 0 Å². The lowest BCUT2D eigenvalue weighted by atomic mass is 9.89. The van der Waals surface area contributed by atoms with Crippen LogP contribution < -0.4 is 5.32 Å². The number of likely N-dealkylation sites (N-methyl/N-ethyl adjacent to an activating group) is 1. The number of nitrogens with one attached hydrogen (secondary N) is 1. The summed E-state index contributed by atoms with van der Waals surface area (Å²) in [4.78, 5) is 2.46. The summed E-state index contributed by atoms with van der Waals surface area (Å²) in [6.07, 6.45) is 10.1. The summed E-state index contributed by atoms with van der Waals surface area (Å²) in [7, 11) is 2.03. The molecule has 0 saturated carbocycles. The van der Waals surface area contributed by atoms with E-state index in [1.807, 2.05) is 37.4 Å². The van der Waals surface area contributed by atoms with Crippen molar-refractivity contribution >= 4 is 0 Å². The molecule has 4 heteroatoms. The number of likely N-dealkylation sites (tertiary alicyclic amines) is 1. The fraction of sp³-hybridized carbons (Fsp3) is 0.476. The lowest BCUT2D eigenvalue weighted by Crippen LogP contribution is -2.32. The Morgan fingerprint density at radius 1 is 1.28 bits per heavy atom. The normalized spacial score (nSPS) is 29.0. The minimum atomic E-state index is -0.913. The van der Waals surface area contributed by atoms with Crippen molar-refractivity contribution in [3.05, 3.63) is 60.2 Å². The first kappa shape index (κ1) is 17.9. The minimum Gasteiger partial charge on any atom is -0.353 e. The average molecular weight is 337 g/mol. The van der Waals surface area contributed by atoms with Crippen molar-refractivity contribution in [1.29, 1.82) is 5.26 Å². The maximum Gasteiger partial charge on any atom is 0.191 e. The summed E-state index contributed by atoms with van der Waals surface area (Å²) < 4.78 is 5.94. The van der Waals surface area contributed by atoms with Gasteiger partial charge in [-0.1, -0.05) is 42.5 Å². The highest BCUT2D eigenvalue weighted by Crippen LogP contribution is 2.28. The van der Waals surface area contributed by atoms with Crippen LogP contribution in [-0.4, -0.2) is 49.8 Å². The number of rotatable bonds is 7. The summed E-state index contributed by atoms with van der Waals surface area (Å²) in [5.74, 6) is 0.217. The van der Waals surface area contributed by atoms with Gasteiger partial charge in [-0.05, 0) is 44.1 Å². The van der Waals surface area contributed by atoms with Gasteiger partial charge >= 0.3 is 0 Å². The van der Waals surface area contributed by atoms with Gasteiger partial charge in [-0.3, -0.25) is 0 Å². The second-order valence-electron chi connectivity index (χ2n) is 6.84. The topological polar surface area (TPSA) is 48.3 Å². The van der Waals surface area contributed by atoms with Crippen molar-refractivity contribution in [3.8, 4) is 6.07 Å². The van der Waals surface area contributed by atoms with Crippen molar-refractivity contribution in [2.24, 2.45) is 0 Å². The molecule has 1 aliphatic carbocycles. The zero-order valence-corrected chi connectivity index (χ0v) is 14.9. The van der Waals surface area contributed by atoms with Crippen LogP contribution in [0.2, 0.25) is 0 Å². The van der Waals surface area contributed by atoms with Gasteiger partial charge in [0.25, 0.3) is 0 Å². The van der Waals surface area contributed by atoms with E-state index in [0.717, 1.165) is 26.1 Å². The number of nitrogens with zero attached hydrogens (tertiary/aromatic N) is 2. The maximum absolute atomic E-state index is 9.58. The summed E-state index contributed by atoms with van der Waals surface area (Å²) in [6, 6.07) is 13.2. The van der Waals surface area contributed by atoms with Gasteiger partial charge in [-0.25, -0.2) is 0 Å². The molecule has 3 rings (SSSR count). The van der Waals surface area contributed by atoms with E-state index in [9.17, 15) is 5.26 Å². The van der Waals surface area contributed by atoms with Gasteiger partial charge in [-0.2, -0.15) is 5.26 Å². The lowest BCUT2D eigenvalue weighted by molar-refractivity contribution is 0.0596. The van der Waals surface area contributed by atoms with Crippen LogP contribution in [0.15, 0.2) is 54.6 Å². The molecule has 0 aromatic heterocycles. The highest BCUT2D eigenvalue weighted by Gasteiger charge is 2.28. The van der Waals surface area contributed by atoms with E-state index in [1.165, 1.54) is 12.0 Å². The third kappa shape index (κ3) is 4.58. The van der Waals surface area contributed by atoms with Crippen molar-refractivity contribution < 1.29 is 4.74 Å². The molecule has 1 aliphatic heterocycles. The molecule has 1 N–H and O–H groups in total. The van der Waals surface area contributed by atoms with E-state index >= 15 is 0 Å². The van der Waals surface area contributed by atoms with Gasteiger partial charge in [0.1, 0.15) is 6.07 Å². The van der Waals surface area contributed by atoms with E-state index in [1.54, 1.807) is 0 Å². The molecule has 0 spiro atoms. The van der Waals surface area contributed by atoms with E-state index in [4.69, 9.17) is 4.74 Å². The van der Waals surface area contributed by atoms with Crippen LogP contribution in [-0.2, 0) is 4.74 Å². The Balaban J connectivity index is 1.47. The Morgan fingerprint density at radius 3 is 2.68 bits per heavy atom. The van der Waals surface area contributed by atoms with E-state index in [-0.39, 0.29) is 5.92 Å². The second kappa shape index (κ2) is 8.44. The summed E-state index contributed by atoms with van der Waals surface area (Å²) in [5.41, 5.74) is 0.318. The summed E-state index contributed by atoms with van der Waals surface area (Å²) in [6.45, 7) is 3.88. The average Bonchev–Trinajstić information content (AvgIpc) is 3.14. The van der Waals surface area contributed by atoms with E-state index in [2.05, 4.69) is 40.6 Å². The second-order valence-corrected chi connectivity index (χ2v) is 6.84. The van der Waals surface area contributed by atoms with Crippen LogP contribution in [0.3, 0.4) is 0 Å². The highest BCUT2D eigenvalue weighted by atomic mass is 16.5. The molecule has 0 unspecified atom stereocenters. The third-order valence-corrected chi connectivity index (χ3v) is 5.10. The fourth-order valence-electron chi connectivity index (χ4n) is 3.51. The molecule has 1 aromatic carbocycles. The molecule has 1 aromatic rings. The van der Waals surface area contributed by atoms with Gasteiger partial charge < -0.3 is 15.0 Å². The molecule has 25 heavy (non-hydrogen) atoms. The quantitative estimate of drug-likeness (QED) is 0.614. The maximum atomic E-state index is 9.58. The zero-order chi connectivity index (χ0) is 17.5. The highest BCUT2D eigenvalue weighted by molar-refractivity contribution is 5.39. The number of ether oxygens (including phenoxy) is 1. The fourth-order valence-corrected chi connectivity index (χ4v) is 3.51. The van der Waals surface area contributed by atoms with Gasteiger partial charge in [0, 0.05) is 25.0 Å². The van der Waals surface area contributed by atoms with E-state index in [0.29, 0.717) is 12.6 Å². The van der Waals surface area contributed by atoms with Gasteiger partial charge in [0.05, 0.1) is 6.61 Å². The van der Waals surface area contributed by atoms with Gasteiger partial charge in [0.2, 0.25) is 0 Å². The largest absolute Gasteiger partial charge is 0.353 e. The van der Waals surface area contributed by atoms with Crippen molar-refractivity contribution in [1.82, 2.24) is 10.2 Å². The molecule has 0 bridgehead atoms. The molecule has 0 radical (unpaired) electrons. The monoisotopic (exact) mass is 337 g/mol. The summed E-state index contributed by atoms with van der Waals surface area (Å²) >= 11 is 0. The molecule has 1 saturated heterocycles. The minimum absolute atomic E-state index is 0.217. The van der Waals surface area contributed by atoms with Crippen LogP contribution in [0.1, 0.15) is 24.3 Å². The number of hydrogen-bond donors (Lipinski definition) is 1. The molecule has 1 heterocycles. The number of hydrogen-bond acceptors (Lipinski definition) is 4. The Hall–Kier alpha value is -1.93. The van der Waals surface area contributed by atoms with Crippen LogP contribution in [0, 0.1) is 11.3 Å². The smallest absolute Gasteiger partial charge is 0.191 e. The molecule has 132 valence electrons. The first-order valence-electron chi connectivity index (χ1n) is 9.13. The molecule has 0 amide bonds. The Labute approximate surface area is 150 Å². The molecular formula is C21H27N3O. The molecular weight excluding hydrogens is 310 g/mol. The molecule has 2 aliphatic rings. The van der Waals surface area contributed by atoms with Crippen LogP contribution in [0.5, 0.6) is 0 Å². The SMILES string of the molecule is CN[C@@H]1CCN(CCCOC2(C#N)C=CC(c3ccccc3)C=C2)C1. The lowest BCUT2D eigenvalue weighted by Gasteiger charge is -2.25. The number of allylic oxidation sites excluding steroid dienone is 2. The van der Waals surface area contributed by atoms with Crippen LogP contribution in [0.4, 0.5) is 0 Å². The van der Waals surface area contributed by atoms with Crippen molar-refractivity contribution in [2.75, 3.05) is 33.3 Å². The summed E-state index contributed by atoms with van der Waals surface area (Å²) in [5, 5.41) is 12.9. The number of benzene rings is 1. The van der Waals surface area contributed by atoms with Crippen molar-refractivity contribution in [3.63, 3.8) is 0 Å². The molecule has 4 nitrogen and oxygen atoms in total. The Bertz CT molecular complexity index is 633. The van der Waals surface area contributed by atoms with Crippen molar-refractivity contribution in [2.45, 2.75) is 30.4 Å². The van der Waals surface area contributed by atoms with Crippen LogP contribution >= 0.6 is 0 Å². The third-order valence-electron chi connectivity index (χ3n) is 5.10. The predicted octanol–water partition coefficient (Wildman–Crippen LogP) is 2.86. The molecule has 1 atom stereocenters. The first-order chi connectivity index (χ1) is 12.2. The number of nitriles is 1. The standard InChI is InChI=1S/C21H27N3O/c1-23-20-10-14-24(16-20)13-5-15-25-21(17-22)11-8-19(9-12-21)18-6-3-2-4-7-18/h2-4,6-9,11-12,19-20,23H,5,10,13-16H2,1H3/t19?,20-,21?/m1/s1.